The van der Waals surface area contributed by atoms with Gasteiger partial charge in [-0.1, -0.05) is 0 Å². The van der Waals surface area contributed by atoms with Crippen molar-refractivity contribution in [3.63, 3.8) is 0 Å². The van der Waals surface area contributed by atoms with E-state index < -0.39 is 14.9 Å². The van der Waals surface area contributed by atoms with Gasteiger partial charge in [0.25, 0.3) is 5.69 Å². The van der Waals surface area contributed by atoms with Crippen LogP contribution in [0.25, 0.3) is 0 Å². The summed E-state index contributed by atoms with van der Waals surface area (Å²) in [4.78, 5) is 12.1. The third kappa shape index (κ3) is 3.54. The molecule has 0 bridgehead atoms. The molecule has 0 saturated heterocycles. The molecule has 0 radical (unpaired) electrons. The number of nitro benzene ring substituents is 1. The molecule has 3 N–H and O–H groups in total. The third-order valence-corrected chi connectivity index (χ3v) is 4.98. The normalized spacial score (nSPS) is 22.3. The van der Waals surface area contributed by atoms with E-state index in [4.69, 9.17) is 5.14 Å². The molecule has 22 heavy (non-hydrogen) atoms. The highest BCUT2D eigenvalue weighted by Crippen LogP contribution is 2.34. The zero-order valence-electron chi connectivity index (χ0n) is 12.2. The van der Waals surface area contributed by atoms with Crippen LogP contribution in [0, 0.1) is 10.1 Å². The number of hydrogen-bond donors (Lipinski definition) is 2. The molecule has 0 heterocycles. The lowest BCUT2D eigenvalue weighted by molar-refractivity contribution is -0.384. The largest absolute Gasteiger partial charge is 0.393 e. The predicted octanol–water partition coefficient (Wildman–Crippen LogP) is 0.982. The number of rotatable bonds is 4. The lowest BCUT2D eigenvalue weighted by atomic mass is 9.92. The van der Waals surface area contributed by atoms with Gasteiger partial charge in [0.1, 0.15) is 5.69 Å². The number of aliphatic hydroxyl groups is 1. The number of benzene rings is 1. The van der Waals surface area contributed by atoms with E-state index in [2.05, 4.69) is 0 Å². The Morgan fingerprint density at radius 3 is 2.41 bits per heavy atom. The molecule has 1 fully saturated rings. The number of primary sulfonamides is 1. The maximum atomic E-state index is 11.3. The van der Waals surface area contributed by atoms with Crippen molar-refractivity contribution in [2.75, 3.05) is 11.9 Å². The molecule has 0 aromatic heterocycles. The molecule has 0 unspecified atom stereocenters. The van der Waals surface area contributed by atoms with Crippen molar-refractivity contribution in [1.82, 2.24) is 0 Å². The zero-order valence-corrected chi connectivity index (χ0v) is 13.0. The van der Waals surface area contributed by atoms with Crippen LogP contribution in [-0.2, 0) is 10.0 Å². The van der Waals surface area contributed by atoms with E-state index in [0.29, 0.717) is 18.5 Å². The summed E-state index contributed by atoms with van der Waals surface area (Å²) in [7, 11) is -2.25. The quantitative estimate of drug-likeness (QED) is 0.626. The van der Waals surface area contributed by atoms with Crippen molar-refractivity contribution in [1.29, 1.82) is 0 Å². The Bertz CT molecular complexity index is 668. The summed E-state index contributed by atoms with van der Waals surface area (Å²) in [5.41, 5.74) is 0.0546. The number of anilines is 1. The van der Waals surface area contributed by atoms with E-state index in [9.17, 15) is 23.6 Å². The van der Waals surface area contributed by atoms with Crippen molar-refractivity contribution >= 4 is 21.4 Å². The highest BCUT2D eigenvalue weighted by Gasteiger charge is 2.28. The minimum atomic E-state index is -3.99. The molecular formula is C13H19N3O5S. The number of nitro groups is 1. The van der Waals surface area contributed by atoms with Crippen LogP contribution in [0.15, 0.2) is 23.1 Å². The molecule has 0 amide bonds. The topological polar surface area (TPSA) is 127 Å². The third-order valence-electron chi connectivity index (χ3n) is 4.07. The molecule has 1 aromatic carbocycles. The lowest BCUT2D eigenvalue weighted by Gasteiger charge is -2.34. The van der Waals surface area contributed by atoms with Gasteiger partial charge in [0.15, 0.2) is 0 Å². The summed E-state index contributed by atoms with van der Waals surface area (Å²) >= 11 is 0. The number of nitrogens with zero attached hydrogens (tertiary/aromatic N) is 2. The monoisotopic (exact) mass is 329 g/mol. The first-order valence-electron chi connectivity index (χ1n) is 6.92. The van der Waals surface area contributed by atoms with Crippen LogP contribution in [0.1, 0.15) is 25.7 Å². The fourth-order valence-corrected chi connectivity index (χ4v) is 3.30. The first-order valence-corrected chi connectivity index (χ1v) is 8.47. The Hall–Kier alpha value is -1.71. The van der Waals surface area contributed by atoms with Gasteiger partial charge in [-0.15, -0.1) is 0 Å². The van der Waals surface area contributed by atoms with E-state index in [1.165, 1.54) is 12.1 Å². The molecule has 0 aliphatic heterocycles. The van der Waals surface area contributed by atoms with Crippen molar-refractivity contribution in [3.8, 4) is 0 Å². The predicted molar refractivity (Wildman–Crippen MR) is 81.1 cm³/mol. The molecular weight excluding hydrogens is 310 g/mol. The molecule has 1 aliphatic carbocycles. The van der Waals surface area contributed by atoms with Gasteiger partial charge in [-0.3, -0.25) is 10.1 Å². The van der Waals surface area contributed by atoms with Crippen molar-refractivity contribution in [2.45, 2.75) is 42.7 Å². The minimum Gasteiger partial charge on any atom is -0.393 e. The van der Waals surface area contributed by atoms with Gasteiger partial charge in [-0.05, 0) is 37.8 Å². The smallest absolute Gasteiger partial charge is 0.293 e. The number of nitrogens with two attached hydrogens (primary N) is 1. The summed E-state index contributed by atoms with van der Waals surface area (Å²) in [5.74, 6) is 0. The van der Waals surface area contributed by atoms with E-state index in [-0.39, 0.29) is 22.7 Å². The van der Waals surface area contributed by atoms with Crippen LogP contribution in [0.5, 0.6) is 0 Å². The molecule has 8 nitrogen and oxygen atoms in total. The molecule has 2 rings (SSSR count). The first-order chi connectivity index (χ1) is 10.2. The molecule has 0 spiro atoms. The number of aliphatic hydroxyl groups excluding tert-OH is 1. The van der Waals surface area contributed by atoms with Crippen LogP contribution in [0.4, 0.5) is 11.4 Å². The average Bonchev–Trinajstić information content (AvgIpc) is 2.45. The molecule has 1 saturated carbocycles. The average molecular weight is 329 g/mol. The summed E-state index contributed by atoms with van der Waals surface area (Å²) in [5, 5.41) is 25.8. The highest BCUT2D eigenvalue weighted by molar-refractivity contribution is 7.89. The maximum absolute atomic E-state index is 11.3. The fraction of sp³-hybridized carbons (Fsp3) is 0.538. The van der Waals surface area contributed by atoms with Gasteiger partial charge in [0.05, 0.1) is 15.9 Å². The van der Waals surface area contributed by atoms with Gasteiger partial charge >= 0.3 is 0 Å². The van der Waals surface area contributed by atoms with E-state index in [1.54, 1.807) is 11.9 Å². The minimum absolute atomic E-state index is 0.0717. The second-order valence-corrected chi connectivity index (χ2v) is 7.09. The summed E-state index contributed by atoms with van der Waals surface area (Å²) in [6.07, 6.45) is 2.44. The van der Waals surface area contributed by atoms with Crippen LogP contribution in [0.3, 0.4) is 0 Å². The zero-order chi connectivity index (χ0) is 16.5. The van der Waals surface area contributed by atoms with Gasteiger partial charge in [-0.2, -0.15) is 0 Å². The molecule has 1 aliphatic rings. The van der Waals surface area contributed by atoms with Crippen LogP contribution >= 0.6 is 0 Å². The van der Waals surface area contributed by atoms with Crippen LogP contribution < -0.4 is 10.0 Å². The molecule has 1 aromatic rings. The van der Waals surface area contributed by atoms with Crippen LogP contribution in [0.2, 0.25) is 0 Å². The van der Waals surface area contributed by atoms with Gasteiger partial charge in [-0.25, -0.2) is 13.6 Å². The summed E-state index contributed by atoms with van der Waals surface area (Å²) in [6.45, 7) is 0. The first kappa shape index (κ1) is 16.7. The molecule has 0 atom stereocenters. The lowest BCUT2D eigenvalue weighted by Crippen LogP contribution is -2.36. The fourth-order valence-electron chi connectivity index (χ4n) is 2.77. The SMILES string of the molecule is CN(c1ccc(S(N)(=O)=O)cc1[N+](=O)[O-])[C@H]1CC[C@H](O)CC1. The van der Waals surface area contributed by atoms with Gasteiger partial charge in [0, 0.05) is 19.2 Å². The van der Waals surface area contributed by atoms with E-state index in [1.807, 2.05) is 0 Å². The summed E-state index contributed by atoms with van der Waals surface area (Å²) in [6, 6.07) is 3.73. The Labute approximate surface area is 128 Å². The van der Waals surface area contributed by atoms with Crippen LogP contribution in [-0.4, -0.2) is 37.6 Å². The maximum Gasteiger partial charge on any atom is 0.293 e. The van der Waals surface area contributed by atoms with E-state index in [0.717, 1.165) is 18.9 Å². The van der Waals surface area contributed by atoms with E-state index >= 15 is 0 Å². The Kier molecular flexibility index (Phi) is 4.69. The van der Waals surface area contributed by atoms with Crippen molar-refractivity contribution in [3.05, 3.63) is 28.3 Å². The Morgan fingerprint density at radius 1 is 1.32 bits per heavy atom. The Morgan fingerprint density at radius 2 is 1.91 bits per heavy atom. The van der Waals surface area contributed by atoms with Gasteiger partial charge < -0.3 is 10.0 Å². The number of hydrogen-bond acceptors (Lipinski definition) is 6. The standard InChI is InChI=1S/C13H19N3O5S/c1-15(9-2-4-10(17)5-3-9)12-7-6-11(22(14,20)21)8-13(12)16(18)19/h6-10,17H,2-5H2,1H3,(H2,14,20,21)/t9-,10-. The van der Waals surface area contributed by atoms with Crippen molar-refractivity contribution in [2.24, 2.45) is 5.14 Å². The second-order valence-electron chi connectivity index (χ2n) is 5.53. The highest BCUT2D eigenvalue weighted by atomic mass is 32.2. The molecule has 9 heteroatoms. The second kappa shape index (κ2) is 6.19. The number of sulfonamides is 1. The Balaban J connectivity index is 2.36. The van der Waals surface area contributed by atoms with Crippen molar-refractivity contribution < 1.29 is 18.4 Å². The summed E-state index contributed by atoms with van der Waals surface area (Å²) < 4.78 is 22.7. The molecule has 122 valence electrons. The van der Waals surface area contributed by atoms with Gasteiger partial charge in [0.2, 0.25) is 10.0 Å².